The van der Waals surface area contributed by atoms with Crippen LogP contribution >= 0.6 is 0 Å². The van der Waals surface area contributed by atoms with E-state index < -0.39 is 24.8 Å². The maximum absolute atomic E-state index is 13.0. The summed E-state index contributed by atoms with van der Waals surface area (Å²) in [6.45, 7) is -0.494. The van der Waals surface area contributed by atoms with Gasteiger partial charge in [-0.25, -0.2) is 13.8 Å². The van der Waals surface area contributed by atoms with E-state index in [4.69, 9.17) is 0 Å². The highest BCUT2D eigenvalue weighted by Crippen LogP contribution is 2.30. The number of halogens is 5. The summed E-state index contributed by atoms with van der Waals surface area (Å²) in [5.41, 5.74) is 0.0974. The van der Waals surface area contributed by atoms with Gasteiger partial charge in [0.25, 0.3) is 12.3 Å². The first-order valence-corrected chi connectivity index (χ1v) is 10.9. The molecule has 0 spiro atoms. The first-order chi connectivity index (χ1) is 16.2. The number of anilines is 2. The van der Waals surface area contributed by atoms with Crippen LogP contribution < -0.4 is 16.0 Å². The second-order valence-corrected chi connectivity index (χ2v) is 8.28. The van der Waals surface area contributed by atoms with Crippen LogP contribution in [0.5, 0.6) is 0 Å². The Morgan fingerprint density at radius 2 is 1.76 bits per heavy atom. The van der Waals surface area contributed by atoms with E-state index >= 15 is 0 Å². The van der Waals surface area contributed by atoms with Crippen LogP contribution in [0.3, 0.4) is 0 Å². The van der Waals surface area contributed by atoms with Crippen LogP contribution in [0.15, 0.2) is 48.7 Å². The second-order valence-electron chi connectivity index (χ2n) is 8.28. The molecule has 4 rings (SSSR count). The van der Waals surface area contributed by atoms with Crippen molar-refractivity contribution in [3.05, 3.63) is 59.9 Å². The lowest BCUT2D eigenvalue weighted by molar-refractivity contribution is -0.140. The molecule has 11 heteroatoms. The quantitative estimate of drug-likeness (QED) is 0.407. The van der Waals surface area contributed by atoms with E-state index in [1.54, 1.807) is 30.3 Å². The molecule has 0 saturated heterocycles. The summed E-state index contributed by atoms with van der Waals surface area (Å²) in [5.74, 6) is 0.251. The third-order valence-electron chi connectivity index (χ3n) is 5.78. The number of benzene rings is 1. The molecular formula is C23H24F5N5O. The average molecular weight is 481 g/mol. The Morgan fingerprint density at radius 1 is 1.06 bits per heavy atom. The molecule has 1 saturated carbocycles. The monoisotopic (exact) mass is 481 g/mol. The van der Waals surface area contributed by atoms with Gasteiger partial charge in [-0.15, -0.1) is 0 Å². The van der Waals surface area contributed by atoms with Gasteiger partial charge < -0.3 is 16.0 Å². The Balaban J connectivity index is 1.32. The highest BCUT2D eigenvalue weighted by Gasteiger charge is 2.34. The largest absolute Gasteiger partial charge is 0.434 e. The molecule has 1 amide bonds. The SMILES string of the molecule is O=C(N[C@H]1CC[C@@H](Nc2cccc3nc(C(F)(F)F)cn23)CC1)c1cccc(NCC(F)F)c1. The maximum atomic E-state index is 13.0. The first-order valence-electron chi connectivity index (χ1n) is 10.9. The van der Waals surface area contributed by atoms with Crippen LogP contribution in [-0.2, 0) is 6.18 Å². The van der Waals surface area contributed by atoms with Gasteiger partial charge >= 0.3 is 6.18 Å². The van der Waals surface area contributed by atoms with Crippen molar-refractivity contribution in [1.82, 2.24) is 14.7 Å². The van der Waals surface area contributed by atoms with Gasteiger partial charge in [0.1, 0.15) is 11.5 Å². The van der Waals surface area contributed by atoms with E-state index in [1.807, 2.05) is 0 Å². The number of fused-ring (bicyclic) bond motifs is 1. The molecule has 0 bridgehead atoms. The third kappa shape index (κ3) is 5.75. The van der Waals surface area contributed by atoms with Crippen molar-refractivity contribution in [3.8, 4) is 0 Å². The van der Waals surface area contributed by atoms with Crippen LogP contribution in [-0.4, -0.2) is 40.3 Å². The van der Waals surface area contributed by atoms with E-state index in [0.717, 1.165) is 19.0 Å². The Kier molecular flexibility index (Phi) is 6.90. The van der Waals surface area contributed by atoms with Crippen LogP contribution in [0.2, 0.25) is 0 Å². The zero-order chi connectivity index (χ0) is 24.3. The van der Waals surface area contributed by atoms with Gasteiger partial charge in [-0.1, -0.05) is 12.1 Å². The van der Waals surface area contributed by atoms with E-state index in [1.165, 1.54) is 16.5 Å². The standard InChI is InChI=1S/C23H24F5N5O/c24-19(25)12-29-17-4-1-3-14(11-17)22(34)31-16-9-7-15(8-10-16)30-20-5-2-6-21-32-18(13-33(20)21)23(26,27)28/h1-6,11,13,15-16,19,29-30H,7-10,12H2,(H,31,34)/t15-,16+. The van der Waals surface area contributed by atoms with Gasteiger partial charge in [0.15, 0.2) is 5.69 Å². The summed E-state index contributed by atoms with van der Waals surface area (Å²) >= 11 is 0. The van der Waals surface area contributed by atoms with Crippen molar-refractivity contribution in [1.29, 1.82) is 0 Å². The Hall–Kier alpha value is -3.37. The molecule has 1 aliphatic rings. The van der Waals surface area contributed by atoms with Gasteiger partial charge in [0.2, 0.25) is 0 Å². The molecule has 0 atom stereocenters. The molecule has 2 aromatic heterocycles. The number of hydrogen-bond acceptors (Lipinski definition) is 4. The number of pyridine rings is 1. The molecule has 182 valence electrons. The minimum atomic E-state index is -4.52. The lowest BCUT2D eigenvalue weighted by atomic mass is 9.91. The highest BCUT2D eigenvalue weighted by molar-refractivity contribution is 5.95. The van der Waals surface area contributed by atoms with Crippen molar-refractivity contribution in [3.63, 3.8) is 0 Å². The molecule has 2 heterocycles. The lowest BCUT2D eigenvalue weighted by Crippen LogP contribution is -2.40. The summed E-state index contributed by atoms with van der Waals surface area (Å²) in [6, 6.07) is 11.3. The van der Waals surface area contributed by atoms with Gasteiger partial charge in [-0.3, -0.25) is 9.20 Å². The predicted molar refractivity (Wildman–Crippen MR) is 118 cm³/mol. The molecule has 0 radical (unpaired) electrons. The minimum Gasteiger partial charge on any atom is -0.379 e. The van der Waals surface area contributed by atoms with Crippen LogP contribution in [0.1, 0.15) is 41.7 Å². The highest BCUT2D eigenvalue weighted by atomic mass is 19.4. The number of hydrogen-bond donors (Lipinski definition) is 3. The third-order valence-corrected chi connectivity index (χ3v) is 5.78. The van der Waals surface area contributed by atoms with Crippen molar-refractivity contribution in [2.24, 2.45) is 0 Å². The number of amides is 1. The maximum Gasteiger partial charge on any atom is 0.434 e. The Morgan fingerprint density at radius 3 is 2.47 bits per heavy atom. The molecule has 1 aromatic carbocycles. The Labute approximate surface area is 192 Å². The van der Waals surface area contributed by atoms with Crippen molar-refractivity contribution in [2.45, 2.75) is 50.4 Å². The fraction of sp³-hybridized carbons (Fsp3) is 0.391. The van der Waals surface area contributed by atoms with E-state index in [2.05, 4.69) is 20.9 Å². The van der Waals surface area contributed by atoms with E-state index in [9.17, 15) is 26.7 Å². The number of rotatable bonds is 7. The summed E-state index contributed by atoms with van der Waals surface area (Å²) in [7, 11) is 0. The molecular weight excluding hydrogens is 457 g/mol. The molecule has 3 N–H and O–H groups in total. The summed E-state index contributed by atoms with van der Waals surface area (Å²) in [5, 5.41) is 8.86. The van der Waals surface area contributed by atoms with Crippen LogP contribution in [0.4, 0.5) is 33.5 Å². The lowest BCUT2D eigenvalue weighted by Gasteiger charge is -2.30. The fourth-order valence-corrected chi connectivity index (χ4v) is 4.09. The van der Waals surface area contributed by atoms with Crippen molar-refractivity contribution >= 4 is 23.1 Å². The van der Waals surface area contributed by atoms with Gasteiger partial charge in [0.05, 0.1) is 6.54 Å². The van der Waals surface area contributed by atoms with Crippen molar-refractivity contribution in [2.75, 3.05) is 17.2 Å². The topological polar surface area (TPSA) is 70.5 Å². The van der Waals surface area contributed by atoms with Crippen LogP contribution in [0.25, 0.3) is 5.65 Å². The Bertz CT molecular complexity index is 1140. The zero-order valence-corrected chi connectivity index (χ0v) is 18.1. The summed E-state index contributed by atoms with van der Waals surface area (Å²) in [4.78, 5) is 16.2. The fourth-order valence-electron chi connectivity index (χ4n) is 4.09. The molecule has 0 aliphatic heterocycles. The van der Waals surface area contributed by atoms with E-state index in [-0.39, 0.29) is 23.6 Å². The van der Waals surface area contributed by atoms with Crippen LogP contribution in [0, 0.1) is 0 Å². The number of alkyl halides is 5. The van der Waals surface area contributed by atoms with Crippen molar-refractivity contribution < 1.29 is 26.7 Å². The van der Waals surface area contributed by atoms with Gasteiger partial charge in [-0.05, 0) is 56.0 Å². The van der Waals surface area contributed by atoms with E-state index in [0.29, 0.717) is 29.9 Å². The number of carbonyl (C=O) groups is 1. The smallest absolute Gasteiger partial charge is 0.379 e. The average Bonchev–Trinajstić information content (AvgIpc) is 3.25. The number of imidazole rings is 1. The number of carbonyl (C=O) groups excluding carboxylic acids is 1. The molecule has 1 aliphatic carbocycles. The number of nitrogens with one attached hydrogen (secondary N) is 3. The van der Waals surface area contributed by atoms with Gasteiger partial charge in [-0.2, -0.15) is 13.2 Å². The second kappa shape index (κ2) is 9.86. The predicted octanol–water partition coefficient (Wildman–Crippen LogP) is 5.18. The number of aromatic nitrogens is 2. The molecule has 3 aromatic rings. The minimum absolute atomic E-state index is 0.0392. The molecule has 6 nitrogen and oxygen atoms in total. The van der Waals surface area contributed by atoms with Gasteiger partial charge in [0, 0.05) is 29.5 Å². The molecule has 1 fully saturated rings. The number of nitrogens with zero attached hydrogens (tertiary/aromatic N) is 2. The normalized spacial score (nSPS) is 18.8. The summed E-state index contributed by atoms with van der Waals surface area (Å²) in [6.07, 6.45) is -3.20. The summed E-state index contributed by atoms with van der Waals surface area (Å²) < 4.78 is 65.2. The zero-order valence-electron chi connectivity index (χ0n) is 18.1. The first kappa shape index (κ1) is 23.8. The molecule has 0 unspecified atom stereocenters. The molecule has 34 heavy (non-hydrogen) atoms.